The topological polar surface area (TPSA) is 103 Å². The van der Waals surface area contributed by atoms with Crippen LogP contribution in [0.25, 0.3) is 32.4 Å². The van der Waals surface area contributed by atoms with Crippen LogP contribution in [0.4, 0.5) is 17.5 Å². The average Bonchev–Trinajstić information content (AvgIpc) is 2.89. The van der Waals surface area contributed by atoms with Crippen molar-refractivity contribution in [2.45, 2.75) is 19.9 Å². The molecule has 3 aromatic heterocycles. The van der Waals surface area contributed by atoms with Crippen molar-refractivity contribution in [3.63, 3.8) is 0 Å². The van der Waals surface area contributed by atoms with Crippen LogP contribution in [0.2, 0.25) is 0 Å². The van der Waals surface area contributed by atoms with E-state index < -0.39 is 0 Å². The van der Waals surface area contributed by atoms with Crippen LogP contribution in [-0.2, 0) is 0 Å². The molecule has 0 unspecified atom stereocenters. The summed E-state index contributed by atoms with van der Waals surface area (Å²) >= 11 is 0. The zero-order chi connectivity index (χ0) is 25.2. The second kappa shape index (κ2) is 9.31. The fraction of sp³-hybridized carbons (Fsp3) is 0.107. The molecule has 0 bridgehead atoms. The lowest BCUT2D eigenvalue weighted by Gasteiger charge is -2.22. The summed E-state index contributed by atoms with van der Waals surface area (Å²) < 4.78 is 1.71. The molecule has 176 valence electrons. The number of anilines is 2. The van der Waals surface area contributed by atoms with Gasteiger partial charge in [-0.1, -0.05) is 36.4 Å². The molecule has 2 aromatic carbocycles. The lowest BCUT2D eigenvalue weighted by atomic mass is 9.98. The predicted octanol–water partition coefficient (Wildman–Crippen LogP) is 5.46. The first kappa shape index (κ1) is 22.7. The highest BCUT2D eigenvalue weighted by molar-refractivity contribution is 5.96. The Morgan fingerprint density at radius 3 is 2.61 bits per heavy atom. The maximum atomic E-state index is 14.2. The van der Waals surface area contributed by atoms with Crippen LogP contribution >= 0.6 is 0 Å². The summed E-state index contributed by atoms with van der Waals surface area (Å²) in [6.07, 6.45) is 3.14. The number of hydrogen-bond acceptors (Lipinski definition) is 6. The second-order valence-corrected chi connectivity index (χ2v) is 8.44. The monoisotopic (exact) mass is 473 g/mol. The second-order valence-electron chi connectivity index (χ2n) is 8.44. The van der Waals surface area contributed by atoms with Crippen LogP contribution in [0.15, 0.2) is 83.9 Å². The van der Waals surface area contributed by atoms with E-state index in [1.807, 2.05) is 80.6 Å². The van der Waals surface area contributed by atoms with Gasteiger partial charge in [-0.25, -0.2) is 14.8 Å². The van der Waals surface area contributed by atoms with E-state index in [1.54, 1.807) is 10.8 Å². The number of nitrogens with one attached hydrogen (secondary N) is 1. The average molecular weight is 474 g/mol. The van der Waals surface area contributed by atoms with Gasteiger partial charge in [0.05, 0.1) is 18.0 Å². The van der Waals surface area contributed by atoms with Gasteiger partial charge in [0.1, 0.15) is 5.82 Å². The highest BCUT2D eigenvalue weighted by Crippen LogP contribution is 2.31. The zero-order valence-electron chi connectivity index (χ0n) is 19.8. The lowest BCUT2D eigenvalue weighted by molar-refractivity contribution is 0.774. The van der Waals surface area contributed by atoms with E-state index in [2.05, 4.69) is 25.1 Å². The van der Waals surface area contributed by atoms with E-state index >= 15 is 0 Å². The number of aryl methyl sites for hydroxylation is 1. The van der Waals surface area contributed by atoms with Crippen LogP contribution in [0.3, 0.4) is 0 Å². The molecule has 0 radical (unpaired) electrons. The van der Waals surface area contributed by atoms with Gasteiger partial charge in [0, 0.05) is 29.5 Å². The molecular weight excluding hydrogens is 450 g/mol. The van der Waals surface area contributed by atoms with Crippen molar-refractivity contribution in [3.8, 4) is 16.8 Å². The summed E-state index contributed by atoms with van der Waals surface area (Å²) in [5.74, 6) is 0.381. The highest BCUT2D eigenvalue weighted by Gasteiger charge is 2.20. The molecule has 1 atom stereocenters. The van der Waals surface area contributed by atoms with E-state index in [9.17, 15) is 4.79 Å². The Kier molecular flexibility index (Phi) is 5.88. The third-order valence-corrected chi connectivity index (χ3v) is 6.00. The molecule has 8 heteroatoms. The third-order valence-electron chi connectivity index (χ3n) is 6.00. The zero-order valence-corrected chi connectivity index (χ0v) is 19.8. The van der Waals surface area contributed by atoms with Gasteiger partial charge in [0.2, 0.25) is 11.6 Å². The van der Waals surface area contributed by atoms with Gasteiger partial charge in [0.25, 0.3) is 5.56 Å². The van der Waals surface area contributed by atoms with E-state index in [0.29, 0.717) is 11.2 Å². The van der Waals surface area contributed by atoms with E-state index in [0.717, 1.165) is 33.6 Å². The largest absolute Gasteiger partial charge is 0.371 e. The van der Waals surface area contributed by atoms with E-state index in [4.69, 9.17) is 12.3 Å². The summed E-state index contributed by atoms with van der Waals surface area (Å²) in [7, 11) is 0. The molecule has 3 N–H and O–H groups in total. The van der Waals surface area contributed by atoms with Crippen molar-refractivity contribution in [1.82, 2.24) is 19.5 Å². The van der Waals surface area contributed by atoms with Crippen LogP contribution < -0.4 is 16.6 Å². The molecule has 0 saturated heterocycles. The molecule has 0 aliphatic carbocycles. The molecule has 36 heavy (non-hydrogen) atoms. The summed E-state index contributed by atoms with van der Waals surface area (Å²) in [5, 5.41) is 4.70. The van der Waals surface area contributed by atoms with Gasteiger partial charge in [0.15, 0.2) is 0 Å². The van der Waals surface area contributed by atoms with Gasteiger partial charge < -0.3 is 11.1 Å². The molecular formula is C28H23N7O. The van der Waals surface area contributed by atoms with Crippen molar-refractivity contribution in [1.29, 1.82) is 0 Å². The Bertz CT molecular complexity index is 1690. The lowest BCUT2D eigenvalue weighted by Crippen LogP contribution is -2.26. The number of nitrogen functional groups attached to an aromatic ring is 1. The first-order valence-electron chi connectivity index (χ1n) is 11.4. The first-order valence-corrected chi connectivity index (χ1v) is 11.4. The predicted molar refractivity (Wildman–Crippen MR) is 142 cm³/mol. The number of para-hydroxylation sites is 1. The van der Waals surface area contributed by atoms with Crippen molar-refractivity contribution in [3.05, 3.63) is 112 Å². The highest BCUT2D eigenvalue weighted by atomic mass is 16.1. The molecule has 0 spiro atoms. The molecule has 0 aliphatic heterocycles. The van der Waals surface area contributed by atoms with Crippen LogP contribution in [0.5, 0.6) is 0 Å². The molecule has 0 amide bonds. The van der Waals surface area contributed by atoms with Gasteiger partial charge in [-0.2, -0.15) is 0 Å². The number of rotatable bonds is 5. The standard InChI is InChI=1S/C28H23N7O/c1-17-14-19(12-13-31-17)22-11-7-8-20-15-24(18(2)33-26-23(30-3)16-32-28(29)34-26)35(27(36)25(20)22)21-9-5-4-6-10-21/h4-16,18H,1-2H3,(H3,29,32,33,34)/t18-/m0/s1. The van der Waals surface area contributed by atoms with Gasteiger partial charge >= 0.3 is 0 Å². The maximum Gasteiger partial charge on any atom is 0.263 e. The number of pyridine rings is 2. The van der Waals surface area contributed by atoms with Crippen LogP contribution in [0.1, 0.15) is 24.4 Å². The minimum atomic E-state index is -0.385. The molecule has 0 saturated carbocycles. The quantitative estimate of drug-likeness (QED) is 0.329. The molecule has 0 aliphatic rings. The molecule has 3 heterocycles. The number of hydrogen-bond donors (Lipinski definition) is 2. The van der Waals surface area contributed by atoms with Crippen molar-refractivity contribution < 1.29 is 0 Å². The minimum absolute atomic E-state index is 0.0633. The van der Waals surface area contributed by atoms with Gasteiger partial charge in [-0.15, -0.1) is 0 Å². The first-order chi connectivity index (χ1) is 17.5. The normalized spacial score (nSPS) is 11.7. The number of nitrogens with two attached hydrogens (primary N) is 1. The maximum absolute atomic E-state index is 14.2. The Hall–Kier alpha value is -5.03. The SMILES string of the molecule is [C-]#[N+]c1cnc(N)nc1N[C@@H](C)c1cc2cccc(-c3ccnc(C)c3)c2c(=O)n1-c1ccccc1. The smallest absolute Gasteiger partial charge is 0.263 e. The van der Waals surface area contributed by atoms with Crippen molar-refractivity contribution in [2.24, 2.45) is 0 Å². The Balaban J connectivity index is 1.75. The fourth-order valence-corrected chi connectivity index (χ4v) is 4.35. The summed E-state index contributed by atoms with van der Waals surface area (Å²) in [5.41, 5.74) is 10.00. The van der Waals surface area contributed by atoms with Crippen molar-refractivity contribution >= 4 is 28.2 Å². The Morgan fingerprint density at radius 1 is 1.06 bits per heavy atom. The summed E-state index contributed by atoms with van der Waals surface area (Å²) in [6.45, 7) is 11.3. The number of aromatic nitrogens is 4. The van der Waals surface area contributed by atoms with E-state index in [1.165, 1.54) is 6.20 Å². The molecule has 5 aromatic rings. The third kappa shape index (κ3) is 4.14. The number of fused-ring (bicyclic) bond motifs is 1. The molecule has 0 fully saturated rings. The molecule has 5 rings (SSSR count). The Labute approximate surface area is 207 Å². The van der Waals surface area contributed by atoms with Crippen molar-refractivity contribution in [2.75, 3.05) is 11.1 Å². The van der Waals surface area contributed by atoms with Crippen LogP contribution in [-0.4, -0.2) is 19.5 Å². The fourth-order valence-electron chi connectivity index (χ4n) is 4.35. The van der Waals surface area contributed by atoms with E-state index in [-0.39, 0.29) is 23.2 Å². The van der Waals surface area contributed by atoms with Gasteiger partial charge in [-0.05, 0) is 60.7 Å². The Morgan fingerprint density at radius 2 is 1.86 bits per heavy atom. The van der Waals surface area contributed by atoms with Gasteiger partial charge in [-0.3, -0.25) is 14.3 Å². The number of nitrogens with zero attached hydrogens (tertiary/aromatic N) is 5. The minimum Gasteiger partial charge on any atom is -0.371 e. The summed E-state index contributed by atoms with van der Waals surface area (Å²) in [6, 6.07) is 20.9. The van der Waals surface area contributed by atoms with Crippen LogP contribution in [0, 0.1) is 13.5 Å². The number of benzene rings is 2. The summed E-state index contributed by atoms with van der Waals surface area (Å²) in [4.78, 5) is 30.1. The molecule has 8 nitrogen and oxygen atoms in total.